The van der Waals surface area contributed by atoms with E-state index in [1.165, 1.54) is 0 Å². The predicted molar refractivity (Wildman–Crippen MR) is 75.3 cm³/mol. The summed E-state index contributed by atoms with van der Waals surface area (Å²) in [5.74, 6) is -0.0342. The van der Waals surface area contributed by atoms with Crippen molar-refractivity contribution in [2.24, 2.45) is 17.6 Å². The third-order valence-electron chi connectivity index (χ3n) is 4.79. The SMILES string of the molecule is CC1CCC(NC(=O)N2CCC(CN)C2)(C(=O)O)CC1. The molecule has 0 aromatic carbocycles. The van der Waals surface area contributed by atoms with Gasteiger partial charge >= 0.3 is 12.0 Å². The Bertz CT molecular complexity index is 378. The molecule has 1 aliphatic heterocycles. The highest BCUT2D eigenvalue weighted by Crippen LogP contribution is 2.32. The van der Waals surface area contributed by atoms with Crippen LogP contribution in [0.25, 0.3) is 0 Å². The van der Waals surface area contributed by atoms with Gasteiger partial charge in [0.25, 0.3) is 0 Å². The average molecular weight is 283 g/mol. The van der Waals surface area contributed by atoms with E-state index in [-0.39, 0.29) is 6.03 Å². The van der Waals surface area contributed by atoms with Crippen molar-refractivity contribution in [3.63, 3.8) is 0 Å². The Morgan fingerprint density at radius 2 is 2.00 bits per heavy atom. The summed E-state index contributed by atoms with van der Waals surface area (Å²) >= 11 is 0. The van der Waals surface area contributed by atoms with Gasteiger partial charge in [-0.05, 0) is 50.5 Å². The number of carboxylic acid groups (broad SMARTS) is 1. The molecule has 0 radical (unpaired) electrons. The molecule has 1 saturated carbocycles. The summed E-state index contributed by atoms with van der Waals surface area (Å²) < 4.78 is 0. The third-order valence-corrected chi connectivity index (χ3v) is 4.79. The van der Waals surface area contributed by atoms with Crippen molar-refractivity contribution in [3.8, 4) is 0 Å². The van der Waals surface area contributed by atoms with Crippen LogP contribution >= 0.6 is 0 Å². The van der Waals surface area contributed by atoms with Crippen LogP contribution in [0.1, 0.15) is 39.0 Å². The summed E-state index contributed by atoms with van der Waals surface area (Å²) in [6.45, 7) is 4.00. The zero-order chi connectivity index (χ0) is 14.8. The quantitative estimate of drug-likeness (QED) is 0.720. The summed E-state index contributed by atoms with van der Waals surface area (Å²) in [5.41, 5.74) is 4.54. The van der Waals surface area contributed by atoms with Crippen LogP contribution in [0.4, 0.5) is 4.79 Å². The number of hydrogen-bond donors (Lipinski definition) is 3. The van der Waals surface area contributed by atoms with Crippen LogP contribution in [0.5, 0.6) is 0 Å². The molecule has 1 atom stereocenters. The minimum absolute atomic E-state index is 0.252. The largest absolute Gasteiger partial charge is 0.480 e. The Morgan fingerprint density at radius 3 is 2.50 bits per heavy atom. The summed E-state index contributed by atoms with van der Waals surface area (Å²) in [6, 6.07) is -0.252. The molecule has 2 amide bonds. The number of rotatable bonds is 3. The second kappa shape index (κ2) is 5.99. The lowest BCUT2D eigenvalue weighted by Gasteiger charge is -2.37. The van der Waals surface area contributed by atoms with Gasteiger partial charge in [-0.1, -0.05) is 6.92 Å². The van der Waals surface area contributed by atoms with Crippen LogP contribution in [-0.2, 0) is 4.79 Å². The fourth-order valence-corrected chi connectivity index (χ4v) is 3.14. The van der Waals surface area contributed by atoms with Gasteiger partial charge in [-0.15, -0.1) is 0 Å². The number of nitrogens with zero attached hydrogens (tertiary/aromatic N) is 1. The first-order valence-electron chi connectivity index (χ1n) is 7.47. The number of amides is 2. The minimum atomic E-state index is -1.08. The molecule has 4 N–H and O–H groups in total. The van der Waals surface area contributed by atoms with Crippen molar-refractivity contribution in [2.45, 2.75) is 44.6 Å². The van der Waals surface area contributed by atoms with Gasteiger partial charge in [-0.25, -0.2) is 9.59 Å². The highest BCUT2D eigenvalue weighted by atomic mass is 16.4. The van der Waals surface area contributed by atoms with Crippen molar-refractivity contribution in [2.75, 3.05) is 19.6 Å². The minimum Gasteiger partial charge on any atom is -0.480 e. The van der Waals surface area contributed by atoms with Gasteiger partial charge in [0.2, 0.25) is 0 Å². The maximum Gasteiger partial charge on any atom is 0.329 e. The lowest BCUT2D eigenvalue weighted by atomic mass is 9.77. The number of carboxylic acids is 1. The van der Waals surface area contributed by atoms with Crippen molar-refractivity contribution >= 4 is 12.0 Å². The molecule has 6 heteroatoms. The number of nitrogens with one attached hydrogen (secondary N) is 1. The van der Waals surface area contributed by atoms with E-state index in [4.69, 9.17) is 5.73 Å². The molecule has 1 unspecified atom stereocenters. The molecule has 1 heterocycles. The van der Waals surface area contributed by atoms with E-state index in [2.05, 4.69) is 12.2 Å². The van der Waals surface area contributed by atoms with E-state index in [0.717, 1.165) is 19.3 Å². The average Bonchev–Trinajstić information content (AvgIpc) is 2.90. The van der Waals surface area contributed by atoms with Crippen molar-refractivity contribution in [3.05, 3.63) is 0 Å². The number of carbonyl (C=O) groups is 2. The molecule has 0 aromatic heterocycles. The lowest BCUT2D eigenvalue weighted by Crippen LogP contribution is -2.59. The Labute approximate surface area is 119 Å². The monoisotopic (exact) mass is 283 g/mol. The van der Waals surface area contributed by atoms with Crippen LogP contribution in [0.3, 0.4) is 0 Å². The van der Waals surface area contributed by atoms with Gasteiger partial charge in [0.1, 0.15) is 5.54 Å². The molecule has 2 rings (SSSR count). The van der Waals surface area contributed by atoms with E-state index in [9.17, 15) is 14.7 Å². The van der Waals surface area contributed by atoms with Crippen molar-refractivity contribution in [1.82, 2.24) is 10.2 Å². The van der Waals surface area contributed by atoms with Gasteiger partial charge in [0.15, 0.2) is 0 Å². The first kappa shape index (κ1) is 15.1. The van der Waals surface area contributed by atoms with Crippen molar-refractivity contribution in [1.29, 1.82) is 0 Å². The van der Waals surface area contributed by atoms with Crippen LogP contribution in [-0.4, -0.2) is 47.2 Å². The van der Waals surface area contributed by atoms with Gasteiger partial charge in [-0.2, -0.15) is 0 Å². The number of likely N-dealkylation sites (tertiary alicyclic amines) is 1. The number of nitrogens with two attached hydrogens (primary N) is 1. The summed E-state index contributed by atoms with van der Waals surface area (Å²) in [5, 5.41) is 12.3. The fraction of sp³-hybridized carbons (Fsp3) is 0.857. The molecule has 0 aromatic rings. The molecular formula is C14H25N3O3. The van der Waals surface area contributed by atoms with Gasteiger partial charge < -0.3 is 21.1 Å². The topological polar surface area (TPSA) is 95.7 Å². The Balaban J connectivity index is 1.98. The van der Waals surface area contributed by atoms with E-state index < -0.39 is 11.5 Å². The number of hydrogen-bond acceptors (Lipinski definition) is 3. The Kier molecular flexibility index (Phi) is 4.52. The van der Waals surface area contributed by atoms with E-state index in [1.807, 2.05) is 0 Å². The van der Waals surface area contributed by atoms with Crippen molar-refractivity contribution < 1.29 is 14.7 Å². The predicted octanol–water partition coefficient (Wildman–Crippen LogP) is 1.01. The summed E-state index contributed by atoms with van der Waals surface area (Å²) in [7, 11) is 0. The van der Waals surface area contributed by atoms with Gasteiger partial charge in [0.05, 0.1) is 0 Å². The smallest absolute Gasteiger partial charge is 0.329 e. The maximum absolute atomic E-state index is 12.3. The molecule has 0 spiro atoms. The van der Waals surface area contributed by atoms with Crippen LogP contribution in [0.2, 0.25) is 0 Å². The second-order valence-electron chi connectivity index (χ2n) is 6.34. The fourth-order valence-electron chi connectivity index (χ4n) is 3.14. The molecule has 1 aliphatic carbocycles. The number of urea groups is 1. The Hall–Kier alpha value is -1.30. The maximum atomic E-state index is 12.3. The highest BCUT2D eigenvalue weighted by Gasteiger charge is 2.43. The van der Waals surface area contributed by atoms with E-state index >= 15 is 0 Å². The molecule has 2 fully saturated rings. The zero-order valence-electron chi connectivity index (χ0n) is 12.1. The summed E-state index contributed by atoms with van der Waals surface area (Å²) in [4.78, 5) is 25.6. The zero-order valence-corrected chi connectivity index (χ0v) is 12.1. The second-order valence-corrected chi connectivity index (χ2v) is 6.34. The first-order valence-corrected chi connectivity index (χ1v) is 7.47. The van der Waals surface area contributed by atoms with Crippen LogP contribution < -0.4 is 11.1 Å². The number of carbonyl (C=O) groups excluding carboxylic acids is 1. The van der Waals surface area contributed by atoms with Crippen LogP contribution in [0.15, 0.2) is 0 Å². The molecule has 1 saturated heterocycles. The molecule has 2 aliphatic rings. The van der Waals surface area contributed by atoms with Gasteiger partial charge in [-0.3, -0.25) is 0 Å². The molecule has 0 bridgehead atoms. The lowest BCUT2D eigenvalue weighted by molar-refractivity contribution is -0.146. The first-order chi connectivity index (χ1) is 9.47. The summed E-state index contributed by atoms with van der Waals surface area (Å²) in [6.07, 6.45) is 3.63. The third kappa shape index (κ3) is 3.06. The van der Waals surface area contributed by atoms with Crippen LogP contribution in [0, 0.1) is 11.8 Å². The molecule has 114 valence electrons. The highest BCUT2D eigenvalue weighted by molar-refractivity contribution is 5.86. The van der Waals surface area contributed by atoms with Gasteiger partial charge in [0, 0.05) is 13.1 Å². The molecular weight excluding hydrogens is 258 g/mol. The molecule has 20 heavy (non-hydrogen) atoms. The Morgan fingerprint density at radius 1 is 1.35 bits per heavy atom. The van der Waals surface area contributed by atoms with E-state index in [1.54, 1.807) is 4.90 Å². The number of aliphatic carboxylic acids is 1. The van der Waals surface area contributed by atoms with E-state index in [0.29, 0.717) is 44.3 Å². The normalized spacial score (nSPS) is 34.0. The molecule has 6 nitrogen and oxygen atoms in total. The standard InChI is InChI=1S/C14H25N3O3/c1-10-2-5-14(6-3-10,12(18)19)16-13(20)17-7-4-11(8-15)9-17/h10-11H,2-9,15H2,1H3,(H,16,20)(H,18,19).